The van der Waals surface area contributed by atoms with E-state index in [0.717, 1.165) is 11.3 Å². The summed E-state index contributed by atoms with van der Waals surface area (Å²) in [6, 6.07) is 5.30. The molecule has 0 saturated carbocycles. The Bertz CT molecular complexity index is 544. The van der Waals surface area contributed by atoms with E-state index in [9.17, 15) is 8.42 Å². The number of nitrogens with zero attached hydrogens (tertiary/aromatic N) is 1. The number of hydrogen-bond donors (Lipinski definition) is 1. The lowest BCUT2D eigenvalue weighted by atomic mass is 10.1. The third-order valence-corrected chi connectivity index (χ3v) is 5.38. The van der Waals surface area contributed by atoms with Gasteiger partial charge in [0.05, 0.1) is 28.8 Å². The highest BCUT2D eigenvalue weighted by atomic mass is 35.5. The molecule has 0 amide bonds. The fraction of sp³-hybridized carbons (Fsp3) is 0.500. The first-order chi connectivity index (χ1) is 8.43. The molecule has 1 saturated heterocycles. The smallest absolute Gasteiger partial charge is 0.152 e. The molecular formula is C12H16ClNO3S. The van der Waals surface area contributed by atoms with Gasteiger partial charge in [0.25, 0.3) is 0 Å². The maximum absolute atomic E-state index is 11.5. The summed E-state index contributed by atoms with van der Waals surface area (Å²) < 4.78 is 22.9. The Balaban J connectivity index is 2.21. The van der Waals surface area contributed by atoms with Crippen molar-refractivity contribution in [3.63, 3.8) is 0 Å². The predicted octanol–water partition coefficient (Wildman–Crippen LogP) is 1.46. The second kappa shape index (κ2) is 5.07. The van der Waals surface area contributed by atoms with Crippen LogP contribution in [0.1, 0.15) is 12.0 Å². The molecule has 1 N–H and O–H groups in total. The van der Waals surface area contributed by atoms with Crippen LogP contribution in [0.2, 0.25) is 5.02 Å². The van der Waals surface area contributed by atoms with Crippen molar-refractivity contribution in [2.75, 3.05) is 23.5 Å². The molecule has 1 aliphatic heterocycles. The molecule has 0 radical (unpaired) electrons. The van der Waals surface area contributed by atoms with Crippen molar-refractivity contribution >= 4 is 27.1 Å². The van der Waals surface area contributed by atoms with Crippen LogP contribution in [0.25, 0.3) is 0 Å². The number of sulfone groups is 1. The standard InChI is InChI=1S/C12H16ClNO3S/c1-14(10-4-5-18(16,17)8-10)12-3-2-9(7-15)6-11(12)13/h2-3,6,10,15H,4-5,7-8H2,1H3. The maximum Gasteiger partial charge on any atom is 0.152 e. The van der Waals surface area contributed by atoms with Gasteiger partial charge in [0.15, 0.2) is 9.84 Å². The van der Waals surface area contributed by atoms with Crippen LogP contribution in [0.5, 0.6) is 0 Å². The Morgan fingerprint density at radius 3 is 2.72 bits per heavy atom. The van der Waals surface area contributed by atoms with Gasteiger partial charge in [0.2, 0.25) is 0 Å². The summed E-state index contributed by atoms with van der Waals surface area (Å²) in [5, 5.41) is 9.56. The molecule has 1 fully saturated rings. The summed E-state index contributed by atoms with van der Waals surface area (Å²) in [6.07, 6.45) is 0.636. The molecule has 18 heavy (non-hydrogen) atoms. The molecule has 100 valence electrons. The molecule has 0 spiro atoms. The summed E-state index contributed by atoms with van der Waals surface area (Å²) >= 11 is 6.15. The zero-order chi connectivity index (χ0) is 13.3. The Labute approximate surface area is 112 Å². The van der Waals surface area contributed by atoms with E-state index in [1.807, 2.05) is 18.0 Å². The van der Waals surface area contributed by atoms with Gasteiger partial charge in [0.1, 0.15) is 0 Å². The van der Waals surface area contributed by atoms with Crippen LogP contribution in [0, 0.1) is 0 Å². The third-order valence-electron chi connectivity index (χ3n) is 3.33. The Morgan fingerprint density at radius 1 is 1.50 bits per heavy atom. The van der Waals surface area contributed by atoms with Crippen molar-refractivity contribution in [1.82, 2.24) is 0 Å². The second-order valence-electron chi connectivity index (χ2n) is 4.61. The molecule has 0 bridgehead atoms. The second-order valence-corrected chi connectivity index (χ2v) is 7.25. The van der Waals surface area contributed by atoms with Crippen LogP contribution in [0.15, 0.2) is 18.2 Å². The summed E-state index contributed by atoms with van der Waals surface area (Å²) in [6.45, 7) is -0.0540. The Hall–Kier alpha value is -0.780. The first kappa shape index (κ1) is 13.6. The first-order valence-electron chi connectivity index (χ1n) is 5.75. The van der Waals surface area contributed by atoms with Crippen molar-refractivity contribution in [3.8, 4) is 0 Å². The highest BCUT2D eigenvalue weighted by molar-refractivity contribution is 7.91. The molecule has 1 aromatic carbocycles. The zero-order valence-electron chi connectivity index (χ0n) is 10.1. The monoisotopic (exact) mass is 289 g/mol. The van der Waals surface area contributed by atoms with E-state index in [1.165, 1.54) is 0 Å². The van der Waals surface area contributed by atoms with E-state index >= 15 is 0 Å². The molecule has 2 rings (SSSR count). The van der Waals surface area contributed by atoms with E-state index in [0.29, 0.717) is 11.4 Å². The van der Waals surface area contributed by atoms with Crippen LogP contribution in [0.4, 0.5) is 5.69 Å². The molecule has 1 atom stereocenters. The molecule has 0 aliphatic carbocycles. The van der Waals surface area contributed by atoms with Crippen molar-refractivity contribution in [1.29, 1.82) is 0 Å². The number of rotatable bonds is 3. The number of anilines is 1. The summed E-state index contributed by atoms with van der Waals surface area (Å²) in [5.74, 6) is 0.427. The predicted molar refractivity (Wildman–Crippen MR) is 72.8 cm³/mol. The van der Waals surface area contributed by atoms with E-state index in [1.54, 1.807) is 12.1 Å². The lowest BCUT2D eigenvalue weighted by Gasteiger charge is -2.26. The van der Waals surface area contributed by atoms with Gasteiger partial charge in [-0.05, 0) is 24.1 Å². The number of benzene rings is 1. The average Bonchev–Trinajstić information content (AvgIpc) is 2.68. The summed E-state index contributed by atoms with van der Waals surface area (Å²) in [4.78, 5) is 1.91. The molecule has 0 aromatic heterocycles. The highest BCUT2D eigenvalue weighted by Crippen LogP contribution is 2.30. The molecule has 4 nitrogen and oxygen atoms in total. The number of aliphatic hydroxyl groups excluding tert-OH is 1. The average molecular weight is 290 g/mol. The zero-order valence-corrected chi connectivity index (χ0v) is 11.7. The van der Waals surface area contributed by atoms with Crippen LogP contribution in [-0.2, 0) is 16.4 Å². The minimum Gasteiger partial charge on any atom is -0.392 e. The van der Waals surface area contributed by atoms with Gasteiger partial charge in [-0.25, -0.2) is 8.42 Å². The maximum atomic E-state index is 11.5. The molecule has 1 unspecified atom stereocenters. The normalized spacial score (nSPS) is 22.1. The Morgan fingerprint density at radius 2 is 2.22 bits per heavy atom. The van der Waals surface area contributed by atoms with E-state index < -0.39 is 9.84 Å². The first-order valence-corrected chi connectivity index (χ1v) is 7.95. The van der Waals surface area contributed by atoms with Crippen molar-refractivity contribution in [2.24, 2.45) is 0 Å². The van der Waals surface area contributed by atoms with Gasteiger partial charge in [-0.15, -0.1) is 0 Å². The largest absolute Gasteiger partial charge is 0.392 e. The van der Waals surface area contributed by atoms with E-state index in [4.69, 9.17) is 16.7 Å². The van der Waals surface area contributed by atoms with Crippen LogP contribution in [0.3, 0.4) is 0 Å². The number of hydrogen-bond acceptors (Lipinski definition) is 4. The third kappa shape index (κ3) is 2.79. The van der Waals surface area contributed by atoms with Crippen LogP contribution >= 0.6 is 11.6 Å². The van der Waals surface area contributed by atoms with Crippen LogP contribution in [-0.4, -0.2) is 38.1 Å². The molecule has 1 aromatic rings. The molecule has 1 aliphatic rings. The van der Waals surface area contributed by atoms with Gasteiger partial charge in [0, 0.05) is 13.1 Å². The number of aliphatic hydroxyl groups is 1. The molecule has 6 heteroatoms. The van der Waals surface area contributed by atoms with E-state index in [2.05, 4.69) is 0 Å². The summed E-state index contributed by atoms with van der Waals surface area (Å²) in [7, 11) is -1.05. The van der Waals surface area contributed by atoms with Gasteiger partial charge in [-0.1, -0.05) is 17.7 Å². The lowest BCUT2D eigenvalue weighted by Crippen LogP contribution is -2.32. The van der Waals surface area contributed by atoms with E-state index in [-0.39, 0.29) is 24.2 Å². The van der Waals surface area contributed by atoms with Crippen molar-refractivity contribution < 1.29 is 13.5 Å². The quantitative estimate of drug-likeness (QED) is 0.915. The van der Waals surface area contributed by atoms with Crippen molar-refractivity contribution in [3.05, 3.63) is 28.8 Å². The lowest BCUT2D eigenvalue weighted by molar-refractivity contribution is 0.282. The van der Waals surface area contributed by atoms with Gasteiger partial charge < -0.3 is 10.0 Å². The molecular weight excluding hydrogens is 274 g/mol. The Kier molecular flexibility index (Phi) is 3.84. The SMILES string of the molecule is CN(c1ccc(CO)cc1Cl)C1CCS(=O)(=O)C1. The van der Waals surface area contributed by atoms with Gasteiger partial charge >= 0.3 is 0 Å². The minimum atomic E-state index is -2.90. The number of halogens is 1. The highest BCUT2D eigenvalue weighted by Gasteiger charge is 2.31. The fourth-order valence-electron chi connectivity index (χ4n) is 2.21. The summed E-state index contributed by atoms with van der Waals surface area (Å²) in [5.41, 5.74) is 1.55. The minimum absolute atomic E-state index is 0.0209. The molecule has 1 heterocycles. The van der Waals surface area contributed by atoms with Crippen LogP contribution < -0.4 is 4.90 Å². The fourth-order valence-corrected chi connectivity index (χ4v) is 4.32. The van der Waals surface area contributed by atoms with Gasteiger partial charge in [-0.2, -0.15) is 0 Å². The topological polar surface area (TPSA) is 57.6 Å². The van der Waals surface area contributed by atoms with Crippen molar-refractivity contribution in [2.45, 2.75) is 19.1 Å². The van der Waals surface area contributed by atoms with Gasteiger partial charge in [-0.3, -0.25) is 0 Å².